The highest BCUT2D eigenvalue weighted by molar-refractivity contribution is 5.72. The fraction of sp³-hybridized carbons (Fsp3) is 0.917. The molecule has 0 bridgehead atoms. The van der Waals surface area contributed by atoms with Crippen molar-refractivity contribution in [2.24, 2.45) is 5.92 Å². The predicted octanol–water partition coefficient (Wildman–Crippen LogP) is 1.34. The third-order valence-corrected chi connectivity index (χ3v) is 2.49. The molecule has 1 heterocycles. The molecule has 0 aromatic carbocycles. The quantitative estimate of drug-likeness (QED) is 0.584. The lowest BCUT2D eigenvalue weighted by Crippen LogP contribution is -2.35. The zero-order valence-electron chi connectivity index (χ0n) is 10.5. The Kier molecular flexibility index (Phi) is 5.22. The number of carbonyl (C=O) groups excluding carboxylic acids is 1. The number of hydrogen-bond donors (Lipinski definition) is 1. The van der Waals surface area contributed by atoms with Crippen LogP contribution in [0.25, 0.3) is 0 Å². The Labute approximate surface area is 97.7 Å². The van der Waals surface area contributed by atoms with Crippen molar-refractivity contribution in [3.63, 3.8) is 0 Å². The van der Waals surface area contributed by atoms with Crippen LogP contribution in [-0.2, 0) is 14.3 Å². The van der Waals surface area contributed by atoms with Gasteiger partial charge in [0, 0.05) is 6.54 Å². The molecule has 4 heteroatoms. The summed E-state index contributed by atoms with van der Waals surface area (Å²) in [5.74, 6) is -0.0619. The van der Waals surface area contributed by atoms with Gasteiger partial charge in [-0.05, 0) is 40.2 Å². The second-order valence-electron chi connectivity index (χ2n) is 5.17. The van der Waals surface area contributed by atoms with Crippen LogP contribution < -0.4 is 5.32 Å². The molecule has 0 aromatic heterocycles. The molecular weight excluding hydrogens is 206 g/mol. The monoisotopic (exact) mass is 229 g/mol. The zero-order chi connectivity index (χ0) is 12.0. The minimum absolute atomic E-state index is 0.0309. The Hall–Kier alpha value is -0.610. The van der Waals surface area contributed by atoms with Crippen LogP contribution in [0.4, 0.5) is 0 Å². The smallest absolute Gasteiger partial charge is 0.310 e. The molecule has 1 rings (SSSR count). The van der Waals surface area contributed by atoms with Crippen LogP contribution in [0.5, 0.6) is 0 Å². The van der Waals surface area contributed by atoms with Gasteiger partial charge in [0.1, 0.15) is 6.61 Å². The molecule has 94 valence electrons. The fourth-order valence-corrected chi connectivity index (χ4v) is 1.66. The molecule has 0 saturated carbocycles. The van der Waals surface area contributed by atoms with Crippen molar-refractivity contribution in [1.29, 1.82) is 0 Å². The van der Waals surface area contributed by atoms with E-state index in [9.17, 15) is 4.79 Å². The summed E-state index contributed by atoms with van der Waals surface area (Å²) in [5.41, 5.74) is -0.168. The first-order chi connectivity index (χ1) is 7.49. The number of carbonyl (C=O) groups is 1. The van der Waals surface area contributed by atoms with Crippen molar-refractivity contribution in [2.75, 3.05) is 26.3 Å². The third kappa shape index (κ3) is 5.47. The molecule has 0 unspecified atom stereocenters. The summed E-state index contributed by atoms with van der Waals surface area (Å²) in [6.07, 6.45) is 1.99. The van der Waals surface area contributed by atoms with Crippen LogP contribution in [0, 0.1) is 5.92 Å². The number of esters is 1. The third-order valence-electron chi connectivity index (χ3n) is 2.49. The van der Waals surface area contributed by atoms with Gasteiger partial charge in [-0.2, -0.15) is 0 Å². The largest absolute Gasteiger partial charge is 0.463 e. The van der Waals surface area contributed by atoms with Gasteiger partial charge in [0.2, 0.25) is 0 Å². The predicted molar refractivity (Wildman–Crippen MR) is 62.3 cm³/mol. The van der Waals surface area contributed by atoms with E-state index in [2.05, 4.69) is 5.32 Å². The minimum atomic E-state index is -0.168. The molecular formula is C12H23NO3. The van der Waals surface area contributed by atoms with Gasteiger partial charge >= 0.3 is 5.97 Å². The SMILES string of the molecule is CC(C)(C)OCCOC(=O)[C@H]1CCCNC1. The van der Waals surface area contributed by atoms with E-state index >= 15 is 0 Å². The Bertz CT molecular complexity index is 217. The van der Waals surface area contributed by atoms with Crippen LogP contribution in [0.2, 0.25) is 0 Å². The van der Waals surface area contributed by atoms with Crippen molar-refractivity contribution < 1.29 is 14.3 Å². The molecule has 0 radical (unpaired) electrons. The average Bonchev–Trinajstić information content (AvgIpc) is 2.24. The van der Waals surface area contributed by atoms with E-state index in [1.807, 2.05) is 20.8 Å². The zero-order valence-corrected chi connectivity index (χ0v) is 10.5. The summed E-state index contributed by atoms with van der Waals surface area (Å²) in [6, 6.07) is 0. The molecule has 0 aromatic rings. The van der Waals surface area contributed by atoms with Crippen molar-refractivity contribution in [3.05, 3.63) is 0 Å². The lowest BCUT2D eigenvalue weighted by atomic mass is 10.0. The minimum Gasteiger partial charge on any atom is -0.463 e. The molecule has 1 aliphatic rings. The molecule has 0 aliphatic carbocycles. The maximum Gasteiger partial charge on any atom is 0.310 e. The lowest BCUT2D eigenvalue weighted by Gasteiger charge is -2.22. The van der Waals surface area contributed by atoms with Crippen LogP contribution in [0.1, 0.15) is 33.6 Å². The average molecular weight is 229 g/mol. The van der Waals surface area contributed by atoms with Gasteiger partial charge in [-0.1, -0.05) is 0 Å². The number of hydrogen-bond acceptors (Lipinski definition) is 4. The molecule has 1 fully saturated rings. The second kappa shape index (κ2) is 6.21. The van der Waals surface area contributed by atoms with Gasteiger partial charge in [-0.25, -0.2) is 0 Å². The highest BCUT2D eigenvalue weighted by Crippen LogP contribution is 2.12. The highest BCUT2D eigenvalue weighted by atomic mass is 16.6. The van der Waals surface area contributed by atoms with E-state index in [1.165, 1.54) is 0 Å². The molecule has 4 nitrogen and oxygen atoms in total. The van der Waals surface area contributed by atoms with E-state index in [1.54, 1.807) is 0 Å². The molecule has 1 aliphatic heterocycles. The summed E-state index contributed by atoms with van der Waals surface area (Å²) in [6.45, 7) is 8.54. The second-order valence-corrected chi connectivity index (χ2v) is 5.17. The summed E-state index contributed by atoms with van der Waals surface area (Å²) in [4.78, 5) is 11.6. The van der Waals surface area contributed by atoms with E-state index in [-0.39, 0.29) is 17.5 Å². The van der Waals surface area contributed by atoms with Crippen LogP contribution in [0.3, 0.4) is 0 Å². The van der Waals surface area contributed by atoms with E-state index in [0.29, 0.717) is 13.2 Å². The molecule has 1 saturated heterocycles. The van der Waals surface area contributed by atoms with Gasteiger partial charge in [-0.3, -0.25) is 4.79 Å². The van der Waals surface area contributed by atoms with Crippen molar-refractivity contribution in [2.45, 2.75) is 39.2 Å². The summed E-state index contributed by atoms with van der Waals surface area (Å²) in [5, 5.41) is 3.20. The van der Waals surface area contributed by atoms with Crippen LogP contribution >= 0.6 is 0 Å². The maximum atomic E-state index is 11.6. The van der Waals surface area contributed by atoms with Crippen LogP contribution in [0.15, 0.2) is 0 Å². The number of rotatable bonds is 4. The Morgan fingerprint density at radius 1 is 1.38 bits per heavy atom. The first-order valence-electron chi connectivity index (χ1n) is 6.00. The van der Waals surface area contributed by atoms with E-state index < -0.39 is 0 Å². The highest BCUT2D eigenvalue weighted by Gasteiger charge is 2.22. The number of ether oxygens (including phenoxy) is 2. The number of piperidine rings is 1. The van der Waals surface area contributed by atoms with Crippen molar-refractivity contribution in [1.82, 2.24) is 5.32 Å². The van der Waals surface area contributed by atoms with Gasteiger partial charge in [0.25, 0.3) is 0 Å². The standard InChI is InChI=1S/C12H23NO3/c1-12(2,3)16-8-7-15-11(14)10-5-4-6-13-9-10/h10,13H,4-9H2,1-3H3/t10-/m0/s1. The molecule has 1 atom stereocenters. The first kappa shape index (κ1) is 13.5. The topological polar surface area (TPSA) is 47.6 Å². The summed E-state index contributed by atoms with van der Waals surface area (Å²) in [7, 11) is 0. The lowest BCUT2D eigenvalue weighted by molar-refractivity contribution is -0.152. The maximum absolute atomic E-state index is 11.6. The molecule has 16 heavy (non-hydrogen) atoms. The molecule has 0 spiro atoms. The normalized spacial score (nSPS) is 21.8. The van der Waals surface area contributed by atoms with Crippen molar-refractivity contribution >= 4 is 5.97 Å². The van der Waals surface area contributed by atoms with Gasteiger partial charge in [0.15, 0.2) is 0 Å². The van der Waals surface area contributed by atoms with Crippen LogP contribution in [-0.4, -0.2) is 37.9 Å². The van der Waals surface area contributed by atoms with Gasteiger partial charge < -0.3 is 14.8 Å². The van der Waals surface area contributed by atoms with Gasteiger partial charge in [0.05, 0.1) is 18.1 Å². The van der Waals surface area contributed by atoms with E-state index in [0.717, 1.165) is 25.9 Å². The Morgan fingerprint density at radius 2 is 2.12 bits per heavy atom. The van der Waals surface area contributed by atoms with E-state index in [4.69, 9.17) is 9.47 Å². The summed E-state index contributed by atoms with van der Waals surface area (Å²) < 4.78 is 10.6. The summed E-state index contributed by atoms with van der Waals surface area (Å²) >= 11 is 0. The molecule has 0 amide bonds. The number of nitrogens with one attached hydrogen (secondary N) is 1. The molecule has 1 N–H and O–H groups in total. The van der Waals surface area contributed by atoms with Gasteiger partial charge in [-0.15, -0.1) is 0 Å². The Balaban J connectivity index is 2.10. The fourth-order valence-electron chi connectivity index (χ4n) is 1.66. The Morgan fingerprint density at radius 3 is 2.69 bits per heavy atom. The first-order valence-corrected chi connectivity index (χ1v) is 6.00. The van der Waals surface area contributed by atoms with Crippen molar-refractivity contribution in [3.8, 4) is 0 Å².